The molecule has 148 valence electrons. The number of halogens is 3. The number of nitrogens with one attached hydrogen (secondary N) is 1. The molecule has 3 heterocycles. The van der Waals surface area contributed by atoms with Crippen molar-refractivity contribution in [2.24, 2.45) is 0 Å². The molecule has 3 aromatic rings. The van der Waals surface area contributed by atoms with Crippen LogP contribution in [0.15, 0.2) is 36.0 Å². The summed E-state index contributed by atoms with van der Waals surface area (Å²) < 4.78 is 39.8. The van der Waals surface area contributed by atoms with Crippen LogP contribution in [0.1, 0.15) is 16.1 Å². The predicted molar refractivity (Wildman–Crippen MR) is 102 cm³/mol. The minimum atomic E-state index is -4.47. The van der Waals surface area contributed by atoms with E-state index in [0.29, 0.717) is 5.56 Å². The average Bonchev–Trinajstić information content (AvgIpc) is 3.25. The van der Waals surface area contributed by atoms with E-state index in [1.54, 1.807) is 12.1 Å². The molecule has 0 saturated carbocycles. The standard InChI is InChI=1S/C18H18F3N5OS/c1-24-6-8-25(9-7-24)13-4-2-12(3-5-13)16(27)23-15-17-26(11-22-15)14(10-28-17)18(19,20)21/h2-5,10-11H,6-9H2,1H3,(H,23,27). The second kappa shape index (κ2) is 7.10. The van der Waals surface area contributed by atoms with Gasteiger partial charge in [-0.15, -0.1) is 11.3 Å². The molecule has 2 aromatic heterocycles. The lowest BCUT2D eigenvalue weighted by atomic mass is 10.1. The van der Waals surface area contributed by atoms with Gasteiger partial charge in [0.25, 0.3) is 5.91 Å². The number of rotatable bonds is 3. The molecule has 0 bridgehead atoms. The van der Waals surface area contributed by atoms with Gasteiger partial charge in [-0.25, -0.2) is 4.98 Å². The zero-order valence-corrected chi connectivity index (χ0v) is 15.8. The van der Waals surface area contributed by atoms with Crippen molar-refractivity contribution >= 4 is 33.6 Å². The highest BCUT2D eigenvalue weighted by molar-refractivity contribution is 7.16. The summed E-state index contributed by atoms with van der Waals surface area (Å²) >= 11 is 0.888. The molecule has 1 N–H and O–H groups in total. The maximum Gasteiger partial charge on any atom is 0.432 e. The molecule has 1 aliphatic heterocycles. The van der Waals surface area contributed by atoms with Crippen LogP contribution < -0.4 is 10.2 Å². The Hall–Kier alpha value is -2.59. The lowest BCUT2D eigenvalue weighted by molar-refractivity contribution is -0.141. The van der Waals surface area contributed by atoms with Crippen LogP contribution >= 0.6 is 11.3 Å². The molecule has 10 heteroatoms. The number of hydrogen-bond acceptors (Lipinski definition) is 5. The number of imidazole rings is 1. The van der Waals surface area contributed by atoms with Gasteiger partial charge in [0.1, 0.15) is 16.9 Å². The smallest absolute Gasteiger partial charge is 0.369 e. The number of aromatic nitrogens is 2. The maximum absolute atomic E-state index is 13.0. The van der Waals surface area contributed by atoms with E-state index >= 15 is 0 Å². The summed E-state index contributed by atoms with van der Waals surface area (Å²) in [7, 11) is 2.09. The van der Waals surface area contributed by atoms with Crippen molar-refractivity contribution < 1.29 is 18.0 Å². The summed E-state index contributed by atoms with van der Waals surface area (Å²) in [5, 5.41) is 3.61. The Kier molecular flexibility index (Phi) is 4.76. The number of anilines is 2. The largest absolute Gasteiger partial charge is 0.432 e. The number of piperazine rings is 1. The molecule has 1 saturated heterocycles. The number of benzene rings is 1. The maximum atomic E-state index is 13.0. The summed E-state index contributed by atoms with van der Waals surface area (Å²) in [6.07, 6.45) is -3.40. The number of carbonyl (C=O) groups is 1. The lowest BCUT2D eigenvalue weighted by Gasteiger charge is -2.34. The molecule has 1 aliphatic rings. The molecule has 0 unspecified atom stereocenters. The normalized spacial score (nSPS) is 15.9. The molecule has 6 nitrogen and oxygen atoms in total. The van der Waals surface area contributed by atoms with E-state index in [4.69, 9.17) is 0 Å². The van der Waals surface area contributed by atoms with Gasteiger partial charge >= 0.3 is 6.18 Å². The van der Waals surface area contributed by atoms with Gasteiger partial charge in [0, 0.05) is 42.8 Å². The third-order valence-corrected chi connectivity index (χ3v) is 5.74. The Bertz CT molecular complexity index is 987. The van der Waals surface area contributed by atoms with Gasteiger partial charge in [0.15, 0.2) is 5.82 Å². The molecule has 1 fully saturated rings. The number of likely N-dealkylation sites (N-methyl/N-ethyl adjacent to an activating group) is 1. The van der Waals surface area contributed by atoms with Crippen LogP contribution in [0.4, 0.5) is 24.7 Å². The third kappa shape index (κ3) is 3.57. The molecule has 0 atom stereocenters. The van der Waals surface area contributed by atoms with Crippen LogP contribution in [-0.2, 0) is 6.18 Å². The van der Waals surface area contributed by atoms with Gasteiger partial charge < -0.3 is 15.1 Å². The molecule has 0 radical (unpaired) electrons. The topological polar surface area (TPSA) is 52.9 Å². The van der Waals surface area contributed by atoms with Crippen molar-refractivity contribution in [3.8, 4) is 0 Å². The summed E-state index contributed by atoms with van der Waals surface area (Å²) in [6, 6.07) is 7.20. The first-order valence-electron chi connectivity index (χ1n) is 8.69. The third-order valence-electron chi connectivity index (χ3n) is 4.79. The Morgan fingerprint density at radius 2 is 1.82 bits per heavy atom. The van der Waals surface area contributed by atoms with Gasteiger partial charge in [-0.3, -0.25) is 9.20 Å². The van der Waals surface area contributed by atoms with Crippen LogP contribution in [-0.4, -0.2) is 53.4 Å². The summed E-state index contributed by atoms with van der Waals surface area (Å²) in [5.74, 6) is -0.291. The quantitative estimate of drug-likeness (QED) is 0.720. The van der Waals surface area contributed by atoms with Crippen molar-refractivity contribution in [2.75, 3.05) is 43.4 Å². The Labute approximate surface area is 163 Å². The highest BCUT2D eigenvalue weighted by Crippen LogP contribution is 2.35. The van der Waals surface area contributed by atoms with E-state index in [1.807, 2.05) is 12.1 Å². The fourth-order valence-electron chi connectivity index (χ4n) is 3.15. The molecule has 4 rings (SSSR count). The van der Waals surface area contributed by atoms with Crippen molar-refractivity contribution in [2.45, 2.75) is 6.18 Å². The van der Waals surface area contributed by atoms with Gasteiger partial charge in [-0.2, -0.15) is 13.2 Å². The Morgan fingerprint density at radius 3 is 2.46 bits per heavy atom. The molecular formula is C18H18F3N5OS. The first kappa shape index (κ1) is 18.8. The van der Waals surface area contributed by atoms with Gasteiger partial charge in [0.05, 0.1) is 0 Å². The van der Waals surface area contributed by atoms with Gasteiger partial charge in [0.2, 0.25) is 0 Å². The van der Waals surface area contributed by atoms with E-state index in [0.717, 1.165) is 59.3 Å². The summed E-state index contributed by atoms with van der Waals surface area (Å²) in [5.41, 5.74) is 0.658. The second-order valence-corrected chi connectivity index (χ2v) is 7.54. The van der Waals surface area contributed by atoms with Crippen molar-refractivity contribution in [1.29, 1.82) is 0 Å². The SMILES string of the molecule is CN1CCN(c2ccc(C(=O)Nc3ncn4c(C(F)(F)F)csc34)cc2)CC1. The van der Waals surface area contributed by atoms with Crippen molar-refractivity contribution in [3.63, 3.8) is 0 Å². The highest BCUT2D eigenvalue weighted by atomic mass is 32.1. The molecule has 1 aromatic carbocycles. The minimum Gasteiger partial charge on any atom is -0.369 e. The van der Waals surface area contributed by atoms with E-state index in [-0.39, 0.29) is 10.6 Å². The monoisotopic (exact) mass is 409 g/mol. The number of fused-ring (bicyclic) bond motifs is 1. The van der Waals surface area contributed by atoms with E-state index in [9.17, 15) is 18.0 Å². The van der Waals surface area contributed by atoms with Crippen molar-refractivity contribution in [3.05, 3.63) is 47.2 Å². The number of hydrogen-bond donors (Lipinski definition) is 1. The van der Waals surface area contributed by atoms with Crippen LogP contribution in [0.3, 0.4) is 0 Å². The average molecular weight is 409 g/mol. The van der Waals surface area contributed by atoms with Crippen molar-refractivity contribution in [1.82, 2.24) is 14.3 Å². The van der Waals surface area contributed by atoms with Crippen LogP contribution in [0, 0.1) is 0 Å². The van der Waals surface area contributed by atoms with Crippen LogP contribution in [0.2, 0.25) is 0 Å². The highest BCUT2D eigenvalue weighted by Gasteiger charge is 2.35. The summed E-state index contributed by atoms with van der Waals surface area (Å²) in [4.78, 5) is 21.2. The predicted octanol–water partition coefficient (Wildman–Crippen LogP) is 3.42. The van der Waals surface area contributed by atoms with E-state index in [2.05, 4.69) is 27.1 Å². The number of carbonyl (C=O) groups excluding carboxylic acids is 1. The molecule has 0 aliphatic carbocycles. The molecule has 28 heavy (non-hydrogen) atoms. The number of thiazole rings is 1. The first-order valence-corrected chi connectivity index (χ1v) is 9.57. The molecule has 1 amide bonds. The fraction of sp³-hybridized carbons (Fsp3) is 0.333. The van der Waals surface area contributed by atoms with Gasteiger partial charge in [-0.05, 0) is 31.3 Å². The minimum absolute atomic E-state index is 0.119. The van der Waals surface area contributed by atoms with Crippen LogP contribution in [0.25, 0.3) is 4.83 Å². The zero-order valence-electron chi connectivity index (χ0n) is 15.0. The van der Waals surface area contributed by atoms with Gasteiger partial charge in [-0.1, -0.05) is 0 Å². The number of alkyl halides is 3. The summed E-state index contributed by atoms with van der Waals surface area (Å²) in [6.45, 7) is 3.82. The number of amides is 1. The van der Waals surface area contributed by atoms with E-state index < -0.39 is 17.8 Å². The Morgan fingerprint density at radius 1 is 1.14 bits per heavy atom. The fourth-order valence-corrected chi connectivity index (χ4v) is 4.09. The Balaban J connectivity index is 1.48. The second-order valence-electron chi connectivity index (χ2n) is 6.68. The van der Waals surface area contributed by atoms with E-state index in [1.165, 1.54) is 0 Å². The van der Waals surface area contributed by atoms with Crippen LogP contribution in [0.5, 0.6) is 0 Å². The number of nitrogens with zero attached hydrogens (tertiary/aromatic N) is 4. The lowest BCUT2D eigenvalue weighted by Crippen LogP contribution is -2.44. The molecule has 0 spiro atoms. The molecular weight excluding hydrogens is 391 g/mol. The first-order chi connectivity index (χ1) is 13.3. The zero-order chi connectivity index (χ0) is 19.9.